The molecule has 4 aromatic heterocycles. The average molecular weight is 514 g/mol. The van der Waals surface area contributed by atoms with Gasteiger partial charge in [0.05, 0.1) is 40.2 Å². The molecule has 0 saturated carbocycles. The normalized spacial score (nSPS) is 14.6. The van der Waals surface area contributed by atoms with E-state index in [0.717, 1.165) is 42.9 Å². The second kappa shape index (κ2) is 9.49. The number of para-hydroxylation sites is 1. The van der Waals surface area contributed by atoms with Gasteiger partial charge in [-0.25, -0.2) is 9.37 Å². The average Bonchev–Trinajstić information content (AvgIpc) is 3.54. The van der Waals surface area contributed by atoms with Gasteiger partial charge in [0, 0.05) is 43.9 Å². The number of aromatic amines is 2. The summed E-state index contributed by atoms with van der Waals surface area (Å²) >= 11 is 0. The fourth-order valence-corrected chi connectivity index (χ4v) is 4.70. The first-order chi connectivity index (χ1) is 18.4. The molecule has 38 heavy (non-hydrogen) atoms. The quantitative estimate of drug-likeness (QED) is 0.324. The predicted molar refractivity (Wildman–Crippen MR) is 145 cm³/mol. The van der Waals surface area contributed by atoms with Crippen molar-refractivity contribution >= 4 is 39.2 Å². The van der Waals surface area contributed by atoms with Crippen LogP contribution in [0.5, 0.6) is 0 Å². The number of piperazine rings is 1. The lowest BCUT2D eigenvalue weighted by molar-refractivity contribution is -0.118. The Bertz CT molecular complexity index is 1650. The summed E-state index contributed by atoms with van der Waals surface area (Å²) < 4.78 is 16.0. The molecule has 1 amide bonds. The highest BCUT2D eigenvalue weighted by molar-refractivity contribution is 5.97. The van der Waals surface area contributed by atoms with Crippen LogP contribution in [0.3, 0.4) is 0 Å². The molecule has 11 heteroatoms. The van der Waals surface area contributed by atoms with Crippen molar-refractivity contribution in [3.8, 4) is 22.8 Å². The monoisotopic (exact) mass is 513 g/mol. The van der Waals surface area contributed by atoms with Crippen LogP contribution in [-0.4, -0.2) is 74.2 Å². The molecule has 1 aromatic carbocycles. The molecular weight excluding hydrogens is 485 g/mol. The molecule has 1 aliphatic rings. The van der Waals surface area contributed by atoms with Gasteiger partial charge in [0.1, 0.15) is 16.9 Å². The SMILES string of the molecule is CC(C)C(=O)Nc1cncc(-c2ncc3[nH]nc(-c4nc5c(N6CCN(C)CC6)cccc5[nH]4)c3c2F)c1. The Morgan fingerprint density at radius 2 is 1.89 bits per heavy atom. The number of halogens is 1. The molecule has 1 saturated heterocycles. The van der Waals surface area contributed by atoms with Crippen LogP contribution >= 0.6 is 0 Å². The van der Waals surface area contributed by atoms with E-state index in [1.165, 1.54) is 12.4 Å². The zero-order valence-electron chi connectivity index (χ0n) is 21.4. The molecular formula is C27H28FN9O. The lowest BCUT2D eigenvalue weighted by Crippen LogP contribution is -2.44. The number of nitrogens with zero attached hydrogens (tertiary/aromatic N) is 6. The first-order valence-electron chi connectivity index (χ1n) is 12.6. The van der Waals surface area contributed by atoms with E-state index in [1.54, 1.807) is 26.1 Å². The van der Waals surface area contributed by atoms with E-state index in [1.807, 2.05) is 12.1 Å². The van der Waals surface area contributed by atoms with Gasteiger partial charge in [-0.15, -0.1) is 0 Å². The maximum atomic E-state index is 16.0. The van der Waals surface area contributed by atoms with Crippen LogP contribution in [0.4, 0.5) is 15.8 Å². The van der Waals surface area contributed by atoms with Crippen LogP contribution in [0.2, 0.25) is 0 Å². The topological polar surface area (TPSA) is 119 Å². The lowest BCUT2D eigenvalue weighted by Gasteiger charge is -2.34. The van der Waals surface area contributed by atoms with Crippen molar-refractivity contribution in [2.45, 2.75) is 13.8 Å². The molecule has 194 valence electrons. The number of imidazole rings is 1. The molecule has 5 aromatic rings. The Hall–Kier alpha value is -4.38. The molecule has 0 unspecified atom stereocenters. The number of hydrogen-bond acceptors (Lipinski definition) is 7. The summed E-state index contributed by atoms with van der Waals surface area (Å²) in [7, 11) is 2.12. The molecule has 0 radical (unpaired) electrons. The number of carbonyl (C=O) groups excluding carboxylic acids is 1. The minimum atomic E-state index is -0.542. The second-order valence-electron chi connectivity index (χ2n) is 9.94. The van der Waals surface area contributed by atoms with Crippen molar-refractivity contribution in [2.75, 3.05) is 43.4 Å². The molecule has 3 N–H and O–H groups in total. The molecule has 10 nitrogen and oxygen atoms in total. The van der Waals surface area contributed by atoms with E-state index < -0.39 is 5.82 Å². The van der Waals surface area contributed by atoms with Crippen LogP contribution in [-0.2, 0) is 4.79 Å². The van der Waals surface area contributed by atoms with E-state index >= 15 is 4.39 Å². The van der Waals surface area contributed by atoms with Crippen LogP contribution in [0, 0.1) is 11.7 Å². The highest BCUT2D eigenvalue weighted by Gasteiger charge is 2.23. The lowest BCUT2D eigenvalue weighted by atomic mass is 10.1. The number of fused-ring (bicyclic) bond motifs is 2. The maximum absolute atomic E-state index is 16.0. The van der Waals surface area contributed by atoms with Gasteiger partial charge >= 0.3 is 0 Å². The number of amides is 1. The summed E-state index contributed by atoms with van der Waals surface area (Å²) in [5, 5.41) is 10.4. The van der Waals surface area contributed by atoms with Crippen LogP contribution in [0.15, 0.2) is 42.9 Å². The zero-order valence-corrected chi connectivity index (χ0v) is 21.4. The van der Waals surface area contributed by atoms with E-state index in [0.29, 0.717) is 28.3 Å². The Labute approximate surface area is 218 Å². The number of pyridine rings is 2. The Morgan fingerprint density at radius 3 is 2.68 bits per heavy atom. The molecule has 1 fully saturated rings. The van der Waals surface area contributed by atoms with E-state index in [-0.39, 0.29) is 22.9 Å². The third-order valence-electron chi connectivity index (χ3n) is 6.91. The number of aromatic nitrogens is 6. The summed E-state index contributed by atoms with van der Waals surface area (Å²) in [4.78, 5) is 33.5. The highest BCUT2D eigenvalue weighted by Crippen LogP contribution is 2.34. The number of rotatable bonds is 5. The van der Waals surface area contributed by atoms with Gasteiger partial charge in [-0.05, 0) is 25.2 Å². The van der Waals surface area contributed by atoms with Gasteiger partial charge in [0.15, 0.2) is 11.6 Å². The molecule has 0 atom stereocenters. The Balaban J connectivity index is 1.40. The van der Waals surface area contributed by atoms with Gasteiger partial charge < -0.3 is 20.1 Å². The number of H-pyrrole nitrogens is 2. The van der Waals surface area contributed by atoms with Gasteiger partial charge in [0.25, 0.3) is 0 Å². The van der Waals surface area contributed by atoms with E-state index in [9.17, 15) is 4.79 Å². The fraction of sp³-hybridized carbons (Fsp3) is 0.296. The fourth-order valence-electron chi connectivity index (χ4n) is 4.70. The highest BCUT2D eigenvalue weighted by atomic mass is 19.1. The molecule has 5 heterocycles. The predicted octanol–water partition coefficient (Wildman–Crippen LogP) is 4.05. The van der Waals surface area contributed by atoms with Crippen molar-refractivity contribution in [1.82, 2.24) is 35.0 Å². The van der Waals surface area contributed by atoms with Gasteiger partial charge in [-0.1, -0.05) is 19.9 Å². The second-order valence-corrected chi connectivity index (χ2v) is 9.94. The maximum Gasteiger partial charge on any atom is 0.226 e. The largest absolute Gasteiger partial charge is 0.367 e. The Kier molecular flexibility index (Phi) is 5.99. The van der Waals surface area contributed by atoms with Crippen LogP contribution in [0.1, 0.15) is 13.8 Å². The minimum absolute atomic E-state index is 0.113. The summed E-state index contributed by atoms with van der Waals surface area (Å²) in [5.41, 5.74) is 4.60. The van der Waals surface area contributed by atoms with Crippen LogP contribution < -0.4 is 10.2 Å². The van der Waals surface area contributed by atoms with Gasteiger partial charge in [-0.2, -0.15) is 5.10 Å². The molecule has 1 aliphatic heterocycles. The Morgan fingerprint density at radius 1 is 1.08 bits per heavy atom. The number of nitrogens with one attached hydrogen (secondary N) is 3. The third kappa shape index (κ3) is 4.24. The number of carbonyl (C=O) groups is 1. The van der Waals surface area contributed by atoms with Crippen molar-refractivity contribution in [3.05, 3.63) is 48.7 Å². The molecule has 0 spiro atoms. The van der Waals surface area contributed by atoms with Crippen molar-refractivity contribution in [1.29, 1.82) is 0 Å². The molecule has 0 bridgehead atoms. The third-order valence-corrected chi connectivity index (χ3v) is 6.91. The minimum Gasteiger partial charge on any atom is -0.367 e. The molecule has 0 aliphatic carbocycles. The molecule has 6 rings (SSSR count). The van der Waals surface area contributed by atoms with Crippen molar-refractivity contribution in [3.63, 3.8) is 0 Å². The van der Waals surface area contributed by atoms with E-state index in [2.05, 4.69) is 53.4 Å². The number of anilines is 2. The number of benzene rings is 1. The summed E-state index contributed by atoms with van der Waals surface area (Å²) in [6, 6.07) is 7.70. The number of hydrogen-bond donors (Lipinski definition) is 3. The van der Waals surface area contributed by atoms with Crippen molar-refractivity contribution in [2.24, 2.45) is 5.92 Å². The zero-order chi connectivity index (χ0) is 26.4. The van der Waals surface area contributed by atoms with Gasteiger partial charge in [0.2, 0.25) is 5.91 Å². The summed E-state index contributed by atoms with van der Waals surface area (Å²) in [6.07, 6.45) is 4.59. The van der Waals surface area contributed by atoms with Gasteiger partial charge in [-0.3, -0.25) is 19.9 Å². The van der Waals surface area contributed by atoms with E-state index in [4.69, 9.17) is 4.98 Å². The first-order valence-corrected chi connectivity index (χ1v) is 12.6. The van der Waals surface area contributed by atoms with Crippen LogP contribution in [0.25, 0.3) is 44.7 Å². The first kappa shape index (κ1) is 24.0. The number of likely N-dealkylation sites (N-methyl/N-ethyl adjacent to an activating group) is 1. The summed E-state index contributed by atoms with van der Waals surface area (Å²) in [5.74, 6) is -0.412. The standard InChI is InChI=1S/C27H28FN9O/c1-15(2)27(38)31-17-11-16(12-29-13-17)23-22(28)21-19(14-30-23)34-35-25(21)26-32-18-5-4-6-20(24(18)33-26)37-9-7-36(3)8-10-37/h4-6,11-15H,7-10H2,1-3H3,(H,31,38)(H,32,33)(H,34,35). The summed E-state index contributed by atoms with van der Waals surface area (Å²) in [6.45, 7) is 7.39. The van der Waals surface area contributed by atoms with Crippen molar-refractivity contribution < 1.29 is 9.18 Å². The smallest absolute Gasteiger partial charge is 0.226 e.